The summed E-state index contributed by atoms with van der Waals surface area (Å²) >= 11 is 0. The highest BCUT2D eigenvalue weighted by atomic mass is 127. The predicted octanol–water partition coefficient (Wildman–Crippen LogP) is 1.59. The first-order valence-corrected chi connectivity index (χ1v) is 6.03. The van der Waals surface area contributed by atoms with Crippen molar-refractivity contribution >= 4 is 35.6 Å². The summed E-state index contributed by atoms with van der Waals surface area (Å²) in [6.07, 6.45) is 1.14. The highest BCUT2D eigenvalue weighted by Gasteiger charge is 2.22. The summed E-state index contributed by atoms with van der Waals surface area (Å²) in [5.41, 5.74) is 8.43. The smallest absolute Gasteiger partial charge is 0.188 e. The highest BCUT2D eigenvalue weighted by molar-refractivity contribution is 14.0. The molecule has 1 heterocycles. The summed E-state index contributed by atoms with van der Waals surface area (Å²) in [6, 6.07) is 9.01. The molecule has 0 aromatic heterocycles. The van der Waals surface area contributed by atoms with Gasteiger partial charge >= 0.3 is 0 Å². The average molecular weight is 360 g/mol. The summed E-state index contributed by atoms with van der Waals surface area (Å²) in [5, 5.41) is 3.13. The van der Waals surface area contributed by atoms with Crippen LogP contribution >= 0.6 is 24.0 Å². The van der Waals surface area contributed by atoms with Gasteiger partial charge in [0.25, 0.3) is 0 Å². The molecular weight excluding hydrogens is 339 g/mol. The number of benzene rings is 1. The van der Waals surface area contributed by atoms with E-state index in [0.717, 1.165) is 19.5 Å². The molecule has 0 amide bonds. The molecule has 1 aliphatic rings. The summed E-state index contributed by atoms with van der Waals surface area (Å²) in [4.78, 5) is 6.32. The highest BCUT2D eigenvalue weighted by Crippen LogP contribution is 2.28. The van der Waals surface area contributed by atoms with Crippen LogP contribution in [0.2, 0.25) is 0 Å². The van der Waals surface area contributed by atoms with Crippen LogP contribution in [0.15, 0.2) is 29.3 Å². The van der Waals surface area contributed by atoms with Crippen LogP contribution in [-0.4, -0.2) is 32.1 Å². The second-order valence-electron chi connectivity index (χ2n) is 4.41. The van der Waals surface area contributed by atoms with Crippen LogP contribution in [0.1, 0.15) is 12.5 Å². The molecule has 0 spiro atoms. The van der Waals surface area contributed by atoms with Crippen LogP contribution in [0, 0.1) is 0 Å². The lowest BCUT2D eigenvalue weighted by Gasteiger charge is -2.27. The SMILES string of the molecule is CN=C(N)NCC(C)N1CCc2ccccc21.I. The Morgan fingerprint density at radius 1 is 1.50 bits per heavy atom. The van der Waals surface area contributed by atoms with E-state index in [1.165, 1.54) is 11.3 Å². The van der Waals surface area contributed by atoms with Gasteiger partial charge in [0.2, 0.25) is 0 Å². The molecule has 1 aromatic rings. The number of anilines is 1. The first kappa shape index (κ1) is 15.1. The molecule has 0 fully saturated rings. The van der Waals surface area contributed by atoms with E-state index < -0.39 is 0 Å². The fourth-order valence-electron chi connectivity index (χ4n) is 2.26. The molecule has 1 atom stereocenters. The Balaban J connectivity index is 0.00000162. The van der Waals surface area contributed by atoms with Crippen molar-refractivity contribution in [3.63, 3.8) is 0 Å². The molecule has 1 unspecified atom stereocenters. The Morgan fingerprint density at radius 2 is 2.22 bits per heavy atom. The number of hydrogen-bond donors (Lipinski definition) is 2. The van der Waals surface area contributed by atoms with Crippen molar-refractivity contribution in [3.8, 4) is 0 Å². The molecule has 1 aromatic carbocycles. The van der Waals surface area contributed by atoms with Gasteiger partial charge in [0.1, 0.15) is 0 Å². The number of guanidine groups is 1. The number of nitrogens with one attached hydrogen (secondary N) is 1. The number of hydrogen-bond acceptors (Lipinski definition) is 2. The molecule has 0 aliphatic carbocycles. The lowest BCUT2D eigenvalue weighted by molar-refractivity contribution is 0.632. The van der Waals surface area contributed by atoms with E-state index in [0.29, 0.717) is 12.0 Å². The van der Waals surface area contributed by atoms with Crippen LogP contribution in [0.25, 0.3) is 0 Å². The van der Waals surface area contributed by atoms with Gasteiger partial charge in [-0.2, -0.15) is 0 Å². The van der Waals surface area contributed by atoms with Gasteiger partial charge in [0.15, 0.2) is 5.96 Å². The van der Waals surface area contributed by atoms with Gasteiger partial charge < -0.3 is 16.0 Å². The van der Waals surface area contributed by atoms with Crippen molar-refractivity contribution in [2.45, 2.75) is 19.4 Å². The van der Waals surface area contributed by atoms with E-state index in [1.807, 2.05) is 0 Å². The van der Waals surface area contributed by atoms with Crippen molar-refractivity contribution in [2.24, 2.45) is 10.7 Å². The Kier molecular flexibility index (Phi) is 5.71. The van der Waals surface area contributed by atoms with Crippen LogP contribution in [0.4, 0.5) is 5.69 Å². The topological polar surface area (TPSA) is 53.6 Å². The zero-order valence-electron chi connectivity index (χ0n) is 10.9. The Morgan fingerprint density at radius 3 is 2.94 bits per heavy atom. The average Bonchev–Trinajstić information content (AvgIpc) is 2.79. The van der Waals surface area contributed by atoms with E-state index in [1.54, 1.807) is 7.05 Å². The molecule has 0 saturated heterocycles. The van der Waals surface area contributed by atoms with Crippen LogP contribution in [0.5, 0.6) is 0 Å². The summed E-state index contributed by atoms with van der Waals surface area (Å²) in [5.74, 6) is 0.504. The largest absolute Gasteiger partial charge is 0.370 e. The predicted molar refractivity (Wildman–Crippen MR) is 87.9 cm³/mol. The lowest BCUT2D eigenvalue weighted by Crippen LogP contribution is -2.43. The van der Waals surface area contributed by atoms with E-state index in [-0.39, 0.29) is 24.0 Å². The quantitative estimate of drug-likeness (QED) is 0.489. The minimum Gasteiger partial charge on any atom is -0.370 e. The molecule has 0 saturated carbocycles. The first-order valence-electron chi connectivity index (χ1n) is 6.03. The Labute approximate surface area is 126 Å². The molecular formula is C13H21IN4. The molecule has 0 bridgehead atoms. The maximum atomic E-state index is 5.63. The second kappa shape index (κ2) is 6.82. The van der Waals surface area contributed by atoms with Gasteiger partial charge in [0, 0.05) is 31.9 Å². The summed E-state index contributed by atoms with van der Waals surface area (Å²) in [6.45, 7) is 4.11. The van der Waals surface area contributed by atoms with Gasteiger partial charge in [-0.3, -0.25) is 4.99 Å². The second-order valence-corrected chi connectivity index (χ2v) is 4.41. The molecule has 5 heteroatoms. The fourth-order valence-corrected chi connectivity index (χ4v) is 2.26. The zero-order chi connectivity index (χ0) is 12.3. The van der Waals surface area contributed by atoms with Crippen molar-refractivity contribution in [1.82, 2.24) is 5.32 Å². The van der Waals surface area contributed by atoms with Gasteiger partial charge in [-0.05, 0) is 25.0 Å². The van der Waals surface area contributed by atoms with Crippen molar-refractivity contribution in [1.29, 1.82) is 0 Å². The summed E-state index contributed by atoms with van der Waals surface area (Å²) < 4.78 is 0. The third-order valence-corrected chi connectivity index (χ3v) is 3.27. The fraction of sp³-hybridized carbons (Fsp3) is 0.462. The van der Waals surface area contributed by atoms with E-state index >= 15 is 0 Å². The first-order chi connectivity index (χ1) is 8.22. The zero-order valence-corrected chi connectivity index (χ0v) is 13.2. The van der Waals surface area contributed by atoms with E-state index in [4.69, 9.17) is 5.73 Å². The minimum atomic E-state index is 0. The lowest BCUT2D eigenvalue weighted by atomic mass is 10.2. The van der Waals surface area contributed by atoms with Gasteiger partial charge in [-0.25, -0.2) is 0 Å². The number of nitrogens with zero attached hydrogens (tertiary/aromatic N) is 2. The Hall–Kier alpha value is -0.980. The van der Waals surface area contributed by atoms with Gasteiger partial charge in [0.05, 0.1) is 0 Å². The van der Waals surface area contributed by atoms with Crippen molar-refractivity contribution in [2.75, 3.05) is 25.0 Å². The Bertz CT molecular complexity index is 419. The van der Waals surface area contributed by atoms with Crippen molar-refractivity contribution in [3.05, 3.63) is 29.8 Å². The number of halogens is 1. The van der Waals surface area contributed by atoms with Gasteiger partial charge in [-0.15, -0.1) is 24.0 Å². The molecule has 2 rings (SSSR count). The third kappa shape index (κ3) is 3.28. The standard InChI is InChI=1S/C13H20N4.HI/c1-10(9-16-13(14)15-2)17-8-7-11-5-3-4-6-12(11)17;/h3-6,10H,7-9H2,1-2H3,(H3,14,15,16);1H. The molecule has 3 N–H and O–H groups in total. The van der Waals surface area contributed by atoms with Crippen molar-refractivity contribution < 1.29 is 0 Å². The molecule has 18 heavy (non-hydrogen) atoms. The van der Waals surface area contributed by atoms with Crippen LogP contribution < -0.4 is 16.0 Å². The maximum absolute atomic E-state index is 5.63. The number of aliphatic imine (C=N–C) groups is 1. The van der Waals surface area contributed by atoms with Crippen LogP contribution in [-0.2, 0) is 6.42 Å². The number of rotatable bonds is 3. The number of nitrogens with two attached hydrogens (primary N) is 1. The molecule has 1 aliphatic heterocycles. The van der Waals surface area contributed by atoms with Gasteiger partial charge in [-0.1, -0.05) is 18.2 Å². The minimum absolute atomic E-state index is 0. The van der Waals surface area contributed by atoms with E-state index in [9.17, 15) is 0 Å². The summed E-state index contributed by atoms with van der Waals surface area (Å²) in [7, 11) is 1.69. The molecule has 0 radical (unpaired) electrons. The monoisotopic (exact) mass is 360 g/mol. The van der Waals surface area contributed by atoms with Crippen LogP contribution in [0.3, 0.4) is 0 Å². The maximum Gasteiger partial charge on any atom is 0.188 e. The normalized spacial score (nSPS) is 15.9. The third-order valence-electron chi connectivity index (χ3n) is 3.27. The molecule has 100 valence electrons. The number of fused-ring (bicyclic) bond motifs is 1. The molecule has 4 nitrogen and oxygen atoms in total. The number of para-hydroxylation sites is 1. The van der Waals surface area contributed by atoms with E-state index in [2.05, 4.69) is 46.4 Å².